The minimum absolute atomic E-state index is 0.169. The van der Waals surface area contributed by atoms with Crippen molar-refractivity contribution in [3.05, 3.63) is 54.5 Å². The number of nitrogens with zero attached hydrogens (tertiary/aromatic N) is 3. The molecule has 1 aliphatic rings. The predicted octanol–water partition coefficient (Wildman–Crippen LogP) is 3.80. The lowest BCUT2D eigenvalue weighted by Gasteiger charge is -2.26. The summed E-state index contributed by atoms with van der Waals surface area (Å²) in [7, 11) is 0. The van der Waals surface area contributed by atoms with E-state index in [1.54, 1.807) is 0 Å². The summed E-state index contributed by atoms with van der Waals surface area (Å²) in [4.78, 5) is 16.9. The summed E-state index contributed by atoms with van der Waals surface area (Å²) in [5.74, 6) is 2.15. The smallest absolute Gasteiger partial charge is 0.223 e. The van der Waals surface area contributed by atoms with Crippen molar-refractivity contribution in [2.24, 2.45) is 0 Å². The van der Waals surface area contributed by atoms with Crippen molar-refractivity contribution in [2.45, 2.75) is 44.4 Å². The fraction of sp³-hybridized carbons (Fsp3) is 0.318. The molecule has 0 aliphatic heterocycles. The van der Waals surface area contributed by atoms with E-state index in [9.17, 15) is 5.11 Å². The molecule has 0 bridgehead atoms. The number of hydrogen-bond acceptors (Lipinski definition) is 6. The molecule has 4 aromatic rings. The highest BCUT2D eigenvalue weighted by atomic mass is 16.5. The van der Waals surface area contributed by atoms with Gasteiger partial charge in [-0.15, -0.1) is 0 Å². The van der Waals surface area contributed by atoms with E-state index in [1.807, 2.05) is 48.7 Å². The number of benzene rings is 2. The van der Waals surface area contributed by atoms with Crippen LogP contribution in [0.3, 0.4) is 0 Å². The SMILES string of the molecule is OC1CCC(Nc2ncc3ccc(OCc4nc5ccccc5[nH]4)cc3n2)CC1. The van der Waals surface area contributed by atoms with Crippen molar-refractivity contribution >= 4 is 27.9 Å². The quantitative estimate of drug-likeness (QED) is 0.480. The number of ether oxygens (including phenoxy) is 1. The standard InChI is InChI=1S/C22H23N5O2/c28-16-8-6-15(7-9-16)24-22-23-12-14-5-10-17(11-20(14)27-22)29-13-21-25-18-3-1-2-4-19(18)26-21/h1-5,10-12,15-16,28H,6-9,13H2,(H,25,26)(H,23,24,27). The van der Waals surface area contributed by atoms with Crippen LogP contribution in [-0.2, 0) is 6.61 Å². The van der Waals surface area contributed by atoms with Gasteiger partial charge in [0.25, 0.3) is 0 Å². The summed E-state index contributed by atoms with van der Waals surface area (Å²) in [5, 5.41) is 14.0. The van der Waals surface area contributed by atoms with Crippen molar-refractivity contribution in [3.63, 3.8) is 0 Å². The Labute approximate surface area is 168 Å². The Hall–Kier alpha value is -3.19. The van der Waals surface area contributed by atoms with Gasteiger partial charge < -0.3 is 20.1 Å². The Kier molecular flexibility index (Phi) is 4.73. The second-order valence-corrected chi connectivity index (χ2v) is 7.55. The zero-order valence-corrected chi connectivity index (χ0v) is 16.0. The van der Waals surface area contributed by atoms with Crippen molar-refractivity contribution < 1.29 is 9.84 Å². The molecule has 0 radical (unpaired) electrons. The fourth-order valence-electron chi connectivity index (χ4n) is 3.79. The number of hydrogen-bond donors (Lipinski definition) is 3. The van der Waals surface area contributed by atoms with Crippen LogP contribution in [0.2, 0.25) is 0 Å². The lowest BCUT2D eigenvalue weighted by Crippen LogP contribution is -2.28. The molecule has 0 atom stereocenters. The van der Waals surface area contributed by atoms with Crippen LogP contribution < -0.4 is 10.1 Å². The number of H-pyrrole nitrogens is 1. The first-order chi connectivity index (χ1) is 14.2. The Balaban J connectivity index is 1.29. The molecule has 7 heteroatoms. The van der Waals surface area contributed by atoms with Crippen LogP contribution >= 0.6 is 0 Å². The summed E-state index contributed by atoms with van der Waals surface area (Å²) in [5.41, 5.74) is 2.77. The molecule has 2 aromatic heterocycles. The van der Waals surface area contributed by atoms with Crippen LogP contribution in [0.1, 0.15) is 31.5 Å². The molecule has 7 nitrogen and oxygen atoms in total. The average Bonchev–Trinajstić information content (AvgIpc) is 3.17. The number of fused-ring (bicyclic) bond motifs is 2. The third kappa shape index (κ3) is 4.00. The number of aliphatic hydroxyl groups excluding tert-OH is 1. The lowest BCUT2D eigenvalue weighted by molar-refractivity contribution is 0.126. The van der Waals surface area contributed by atoms with Gasteiger partial charge >= 0.3 is 0 Å². The molecule has 0 saturated heterocycles. The van der Waals surface area contributed by atoms with Crippen molar-refractivity contribution in [1.29, 1.82) is 0 Å². The van der Waals surface area contributed by atoms with E-state index >= 15 is 0 Å². The molecule has 0 unspecified atom stereocenters. The maximum Gasteiger partial charge on any atom is 0.223 e. The first-order valence-corrected chi connectivity index (χ1v) is 10.0. The molecule has 1 fully saturated rings. The normalized spacial score (nSPS) is 19.5. The Morgan fingerprint density at radius 1 is 1.03 bits per heavy atom. The first kappa shape index (κ1) is 17.9. The van der Waals surface area contributed by atoms with Crippen LogP contribution in [-0.4, -0.2) is 37.2 Å². The van der Waals surface area contributed by atoms with E-state index < -0.39 is 0 Å². The van der Waals surface area contributed by atoms with Gasteiger partial charge in [0.05, 0.1) is 22.7 Å². The van der Waals surface area contributed by atoms with Crippen molar-refractivity contribution in [3.8, 4) is 5.75 Å². The van der Waals surface area contributed by atoms with Crippen LogP contribution in [0.25, 0.3) is 21.9 Å². The number of rotatable bonds is 5. The highest BCUT2D eigenvalue weighted by Crippen LogP contribution is 2.24. The minimum atomic E-state index is -0.169. The third-order valence-corrected chi connectivity index (χ3v) is 5.40. The van der Waals surface area contributed by atoms with E-state index in [0.29, 0.717) is 18.6 Å². The zero-order valence-electron chi connectivity index (χ0n) is 16.0. The summed E-state index contributed by atoms with van der Waals surface area (Å²) >= 11 is 0. The van der Waals surface area contributed by atoms with Crippen LogP contribution in [0.15, 0.2) is 48.7 Å². The molecule has 148 valence electrons. The monoisotopic (exact) mass is 389 g/mol. The molecule has 1 saturated carbocycles. The van der Waals surface area contributed by atoms with Gasteiger partial charge in [0, 0.05) is 23.7 Å². The molecule has 29 heavy (non-hydrogen) atoms. The summed E-state index contributed by atoms with van der Waals surface area (Å²) in [6.45, 7) is 0.362. The van der Waals surface area contributed by atoms with Crippen LogP contribution in [0.4, 0.5) is 5.95 Å². The second-order valence-electron chi connectivity index (χ2n) is 7.55. The molecule has 0 amide bonds. The van der Waals surface area contributed by atoms with E-state index in [2.05, 4.69) is 25.3 Å². The van der Waals surface area contributed by atoms with Crippen LogP contribution in [0, 0.1) is 0 Å². The van der Waals surface area contributed by atoms with Crippen LogP contribution in [0.5, 0.6) is 5.75 Å². The van der Waals surface area contributed by atoms with E-state index in [4.69, 9.17) is 4.74 Å². The number of aliphatic hydroxyl groups is 1. The topological polar surface area (TPSA) is 96.0 Å². The maximum absolute atomic E-state index is 9.66. The van der Waals surface area contributed by atoms with E-state index in [1.165, 1.54) is 0 Å². The number of aromatic nitrogens is 4. The third-order valence-electron chi connectivity index (χ3n) is 5.40. The van der Waals surface area contributed by atoms with Gasteiger partial charge in [-0.1, -0.05) is 12.1 Å². The predicted molar refractivity (Wildman–Crippen MR) is 112 cm³/mol. The second kappa shape index (κ2) is 7.67. The number of imidazole rings is 1. The zero-order chi connectivity index (χ0) is 19.6. The largest absolute Gasteiger partial charge is 0.486 e. The highest BCUT2D eigenvalue weighted by molar-refractivity contribution is 5.80. The Morgan fingerprint density at radius 3 is 2.76 bits per heavy atom. The number of para-hydroxylation sites is 2. The van der Waals surface area contributed by atoms with Gasteiger partial charge in [-0.2, -0.15) is 0 Å². The van der Waals surface area contributed by atoms with Gasteiger partial charge in [0.2, 0.25) is 5.95 Å². The summed E-state index contributed by atoms with van der Waals surface area (Å²) in [6, 6.07) is 14.0. The van der Waals surface area contributed by atoms with Gasteiger partial charge in [-0.25, -0.2) is 15.0 Å². The fourth-order valence-corrected chi connectivity index (χ4v) is 3.79. The molecular weight excluding hydrogens is 366 g/mol. The Morgan fingerprint density at radius 2 is 1.90 bits per heavy atom. The van der Waals surface area contributed by atoms with Gasteiger partial charge in [0.1, 0.15) is 18.2 Å². The maximum atomic E-state index is 9.66. The number of anilines is 1. The number of aromatic amines is 1. The summed E-state index contributed by atoms with van der Waals surface area (Å²) < 4.78 is 5.93. The van der Waals surface area contributed by atoms with E-state index in [-0.39, 0.29) is 6.10 Å². The lowest BCUT2D eigenvalue weighted by atomic mass is 9.93. The molecule has 5 rings (SSSR count). The molecule has 2 heterocycles. The van der Waals surface area contributed by atoms with Gasteiger partial charge in [-0.05, 0) is 49.9 Å². The van der Waals surface area contributed by atoms with E-state index in [0.717, 1.165) is 59.2 Å². The molecule has 1 aliphatic carbocycles. The number of nitrogens with one attached hydrogen (secondary N) is 2. The summed E-state index contributed by atoms with van der Waals surface area (Å²) in [6.07, 6.45) is 5.17. The molecular formula is C22H23N5O2. The van der Waals surface area contributed by atoms with Crippen molar-refractivity contribution in [1.82, 2.24) is 19.9 Å². The molecule has 3 N–H and O–H groups in total. The first-order valence-electron chi connectivity index (χ1n) is 10.0. The average molecular weight is 389 g/mol. The molecule has 0 spiro atoms. The van der Waals surface area contributed by atoms with Gasteiger partial charge in [0.15, 0.2) is 0 Å². The minimum Gasteiger partial charge on any atom is -0.486 e. The van der Waals surface area contributed by atoms with Crippen molar-refractivity contribution in [2.75, 3.05) is 5.32 Å². The Bertz CT molecular complexity index is 1100. The highest BCUT2D eigenvalue weighted by Gasteiger charge is 2.19. The van der Waals surface area contributed by atoms with Gasteiger partial charge in [-0.3, -0.25) is 0 Å². The molecule has 2 aromatic carbocycles.